The van der Waals surface area contributed by atoms with Gasteiger partial charge in [-0.25, -0.2) is 9.97 Å². The number of carbonyl (C=O) groups is 1. The minimum absolute atomic E-state index is 0.0827. The Labute approximate surface area is 140 Å². The monoisotopic (exact) mass is 319 g/mol. The Bertz CT molecular complexity index is 807. The number of nitrogens with zero attached hydrogens (tertiary/aromatic N) is 2. The summed E-state index contributed by atoms with van der Waals surface area (Å²) in [6.45, 7) is 1.95. The lowest BCUT2D eigenvalue weighted by atomic mass is 10.1. The number of rotatable bonds is 5. The summed E-state index contributed by atoms with van der Waals surface area (Å²) in [5.74, 6) is 0.354. The van der Waals surface area contributed by atoms with E-state index in [-0.39, 0.29) is 18.0 Å². The second-order valence-corrected chi connectivity index (χ2v) is 5.27. The molecule has 0 radical (unpaired) electrons. The molecule has 0 aliphatic heterocycles. The van der Waals surface area contributed by atoms with Gasteiger partial charge in [0, 0.05) is 18.0 Å². The van der Waals surface area contributed by atoms with Gasteiger partial charge in [-0.15, -0.1) is 0 Å². The first-order chi connectivity index (χ1) is 11.7. The Kier molecular flexibility index (Phi) is 4.81. The fourth-order valence-corrected chi connectivity index (χ4v) is 2.25. The molecule has 1 amide bonds. The van der Waals surface area contributed by atoms with Gasteiger partial charge in [-0.05, 0) is 36.8 Å². The molecular weight excluding hydrogens is 302 g/mol. The molecule has 1 N–H and O–H groups in total. The number of hydrogen-bond donors (Lipinski definition) is 1. The number of nitrogens with one attached hydrogen (secondary N) is 1. The molecule has 120 valence electrons. The molecule has 0 saturated carbocycles. The molecule has 0 fully saturated rings. The standard InChI is InChI=1S/C19H17N3O2/c1-14(15-7-3-2-4-8-15)22-18(23)16-9-5-10-17(13-16)24-19-20-11-6-12-21-19/h2-14H,1H3,(H,22,23)/t14-/m0/s1. The van der Waals surface area contributed by atoms with Crippen molar-refractivity contribution in [2.24, 2.45) is 0 Å². The Morgan fingerprint density at radius 2 is 1.75 bits per heavy atom. The van der Waals surface area contributed by atoms with Gasteiger partial charge in [-0.2, -0.15) is 0 Å². The van der Waals surface area contributed by atoms with Gasteiger partial charge in [0.25, 0.3) is 5.91 Å². The van der Waals surface area contributed by atoms with Crippen LogP contribution in [0.15, 0.2) is 73.1 Å². The molecule has 0 aliphatic carbocycles. The topological polar surface area (TPSA) is 64.1 Å². The molecule has 1 aromatic heterocycles. The van der Waals surface area contributed by atoms with Crippen molar-refractivity contribution in [3.05, 3.63) is 84.2 Å². The normalized spacial score (nSPS) is 11.5. The van der Waals surface area contributed by atoms with Crippen LogP contribution in [0.2, 0.25) is 0 Å². The van der Waals surface area contributed by atoms with Crippen LogP contribution < -0.4 is 10.1 Å². The van der Waals surface area contributed by atoms with Crippen LogP contribution in [0.3, 0.4) is 0 Å². The third kappa shape index (κ3) is 3.95. The van der Waals surface area contributed by atoms with Crippen LogP contribution in [0.1, 0.15) is 28.9 Å². The number of hydrogen-bond acceptors (Lipinski definition) is 4. The summed E-state index contributed by atoms with van der Waals surface area (Å²) >= 11 is 0. The van der Waals surface area contributed by atoms with Gasteiger partial charge in [0.2, 0.25) is 0 Å². The molecule has 2 aromatic carbocycles. The Morgan fingerprint density at radius 3 is 2.50 bits per heavy atom. The van der Waals surface area contributed by atoms with Crippen molar-refractivity contribution in [3.8, 4) is 11.8 Å². The van der Waals surface area contributed by atoms with E-state index < -0.39 is 0 Å². The molecule has 0 spiro atoms. The van der Waals surface area contributed by atoms with E-state index in [1.54, 1.807) is 42.7 Å². The molecule has 24 heavy (non-hydrogen) atoms. The van der Waals surface area contributed by atoms with Crippen molar-refractivity contribution in [2.75, 3.05) is 0 Å². The summed E-state index contributed by atoms with van der Waals surface area (Å²) in [6.07, 6.45) is 3.20. The molecule has 1 atom stereocenters. The maximum absolute atomic E-state index is 12.4. The molecule has 0 aliphatic rings. The smallest absolute Gasteiger partial charge is 0.321 e. The Morgan fingerprint density at radius 1 is 1.00 bits per heavy atom. The van der Waals surface area contributed by atoms with Gasteiger partial charge < -0.3 is 10.1 Å². The van der Waals surface area contributed by atoms with Gasteiger partial charge in [-0.1, -0.05) is 36.4 Å². The molecule has 3 rings (SSSR count). The Hall–Kier alpha value is -3.21. The van der Waals surface area contributed by atoms with Gasteiger partial charge in [-0.3, -0.25) is 4.79 Å². The van der Waals surface area contributed by atoms with Crippen molar-refractivity contribution in [3.63, 3.8) is 0 Å². The van der Waals surface area contributed by atoms with E-state index in [4.69, 9.17) is 4.74 Å². The zero-order valence-corrected chi connectivity index (χ0v) is 13.2. The average molecular weight is 319 g/mol. The molecule has 0 unspecified atom stereocenters. The predicted octanol–water partition coefficient (Wildman–Crippen LogP) is 3.76. The summed E-state index contributed by atoms with van der Waals surface area (Å²) in [5.41, 5.74) is 1.57. The van der Waals surface area contributed by atoms with E-state index in [9.17, 15) is 4.79 Å². The highest BCUT2D eigenvalue weighted by molar-refractivity contribution is 5.94. The first kappa shape index (κ1) is 15.7. The lowest BCUT2D eigenvalue weighted by molar-refractivity contribution is 0.0939. The lowest BCUT2D eigenvalue weighted by Gasteiger charge is -2.14. The largest absolute Gasteiger partial charge is 0.424 e. The van der Waals surface area contributed by atoms with E-state index in [0.717, 1.165) is 5.56 Å². The van der Waals surface area contributed by atoms with Crippen LogP contribution in [0.5, 0.6) is 11.8 Å². The highest BCUT2D eigenvalue weighted by Gasteiger charge is 2.12. The number of amides is 1. The first-order valence-corrected chi connectivity index (χ1v) is 7.63. The molecule has 3 aromatic rings. The van der Waals surface area contributed by atoms with Crippen LogP contribution in [0.25, 0.3) is 0 Å². The maximum Gasteiger partial charge on any atom is 0.321 e. The predicted molar refractivity (Wildman–Crippen MR) is 90.9 cm³/mol. The average Bonchev–Trinajstić information content (AvgIpc) is 2.63. The van der Waals surface area contributed by atoms with E-state index >= 15 is 0 Å². The summed E-state index contributed by atoms with van der Waals surface area (Å²) in [7, 11) is 0. The van der Waals surface area contributed by atoms with Crippen molar-refractivity contribution < 1.29 is 9.53 Å². The van der Waals surface area contributed by atoms with E-state index in [2.05, 4.69) is 15.3 Å². The molecule has 5 nitrogen and oxygen atoms in total. The van der Waals surface area contributed by atoms with Crippen LogP contribution >= 0.6 is 0 Å². The van der Waals surface area contributed by atoms with Gasteiger partial charge in [0.15, 0.2) is 0 Å². The summed E-state index contributed by atoms with van der Waals surface area (Å²) in [6, 6.07) is 18.6. The van der Waals surface area contributed by atoms with Gasteiger partial charge >= 0.3 is 6.01 Å². The van der Waals surface area contributed by atoms with E-state index in [0.29, 0.717) is 11.3 Å². The lowest BCUT2D eigenvalue weighted by Crippen LogP contribution is -2.26. The zero-order valence-electron chi connectivity index (χ0n) is 13.2. The van der Waals surface area contributed by atoms with Gasteiger partial charge in [0.05, 0.1) is 6.04 Å². The molecule has 0 saturated heterocycles. The highest BCUT2D eigenvalue weighted by atomic mass is 16.5. The SMILES string of the molecule is C[C@H](NC(=O)c1cccc(Oc2ncccn2)c1)c1ccccc1. The molecule has 5 heteroatoms. The minimum atomic E-state index is -0.161. The number of aromatic nitrogens is 2. The quantitative estimate of drug-likeness (QED) is 0.777. The summed E-state index contributed by atoms with van der Waals surface area (Å²) in [4.78, 5) is 20.4. The van der Waals surface area contributed by atoms with Crippen molar-refractivity contribution in [1.82, 2.24) is 15.3 Å². The molecule has 1 heterocycles. The van der Waals surface area contributed by atoms with Crippen molar-refractivity contribution in [2.45, 2.75) is 13.0 Å². The van der Waals surface area contributed by atoms with E-state index in [1.807, 2.05) is 37.3 Å². The summed E-state index contributed by atoms with van der Waals surface area (Å²) < 4.78 is 5.56. The first-order valence-electron chi connectivity index (χ1n) is 7.63. The second kappa shape index (κ2) is 7.37. The molecule has 0 bridgehead atoms. The Balaban J connectivity index is 1.70. The van der Waals surface area contributed by atoms with E-state index in [1.165, 1.54) is 0 Å². The number of benzene rings is 2. The third-order valence-corrected chi connectivity index (χ3v) is 3.49. The zero-order chi connectivity index (χ0) is 16.8. The second-order valence-electron chi connectivity index (χ2n) is 5.27. The van der Waals surface area contributed by atoms with Crippen LogP contribution in [0.4, 0.5) is 0 Å². The number of carbonyl (C=O) groups excluding carboxylic acids is 1. The number of ether oxygens (including phenoxy) is 1. The third-order valence-electron chi connectivity index (χ3n) is 3.49. The minimum Gasteiger partial charge on any atom is -0.424 e. The fraction of sp³-hybridized carbons (Fsp3) is 0.105. The van der Waals surface area contributed by atoms with Crippen LogP contribution in [0, 0.1) is 0 Å². The molecular formula is C19H17N3O2. The highest BCUT2D eigenvalue weighted by Crippen LogP contribution is 2.19. The van der Waals surface area contributed by atoms with Crippen molar-refractivity contribution in [1.29, 1.82) is 0 Å². The van der Waals surface area contributed by atoms with Crippen molar-refractivity contribution >= 4 is 5.91 Å². The summed E-state index contributed by atoms with van der Waals surface area (Å²) in [5, 5.41) is 2.98. The van der Waals surface area contributed by atoms with Gasteiger partial charge in [0.1, 0.15) is 5.75 Å². The maximum atomic E-state index is 12.4. The van der Waals surface area contributed by atoms with Crippen LogP contribution in [-0.4, -0.2) is 15.9 Å². The fourth-order valence-electron chi connectivity index (χ4n) is 2.25. The van der Waals surface area contributed by atoms with Crippen LogP contribution in [-0.2, 0) is 0 Å².